The van der Waals surface area contributed by atoms with E-state index in [4.69, 9.17) is 0 Å². The van der Waals surface area contributed by atoms with Gasteiger partial charge in [0.2, 0.25) is 5.91 Å². The Labute approximate surface area is 129 Å². The van der Waals surface area contributed by atoms with Crippen LogP contribution in [0.2, 0.25) is 0 Å². The molecule has 21 heavy (non-hydrogen) atoms. The number of carbonyl (C=O) groups excluding carboxylic acids is 2. The lowest BCUT2D eigenvalue weighted by atomic mass is 10.0. The van der Waals surface area contributed by atoms with Crippen molar-refractivity contribution in [1.82, 2.24) is 15.5 Å². The molecule has 0 bridgehead atoms. The SMILES string of the molecule is CNC1CCN(C(=O)CCCNC(=O)c2ccsc2)CC1. The molecule has 1 aliphatic rings. The molecule has 1 fully saturated rings. The third-order valence-corrected chi connectivity index (χ3v) is 4.58. The Morgan fingerprint density at radius 2 is 2.14 bits per heavy atom. The summed E-state index contributed by atoms with van der Waals surface area (Å²) >= 11 is 1.51. The van der Waals surface area contributed by atoms with Gasteiger partial charge in [-0.2, -0.15) is 11.3 Å². The molecule has 0 spiro atoms. The van der Waals surface area contributed by atoms with Crippen molar-refractivity contribution in [1.29, 1.82) is 0 Å². The molecule has 5 nitrogen and oxygen atoms in total. The number of amides is 2. The minimum absolute atomic E-state index is 0.0569. The van der Waals surface area contributed by atoms with Crippen LogP contribution in [0.5, 0.6) is 0 Å². The van der Waals surface area contributed by atoms with Gasteiger partial charge in [0, 0.05) is 43.0 Å². The summed E-state index contributed by atoms with van der Waals surface area (Å²) < 4.78 is 0. The molecule has 2 N–H and O–H groups in total. The summed E-state index contributed by atoms with van der Waals surface area (Å²) in [5.74, 6) is 0.146. The molecule has 0 radical (unpaired) electrons. The molecule has 1 aliphatic heterocycles. The quantitative estimate of drug-likeness (QED) is 0.782. The normalized spacial score (nSPS) is 16.0. The van der Waals surface area contributed by atoms with Gasteiger partial charge >= 0.3 is 0 Å². The summed E-state index contributed by atoms with van der Waals surface area (Å²) in [4.78, 5) is 25.7. The van der Waals surface area contributed by atoms with Crippen LogP contribution in [0, 0.1) is 0 Å². The van der Waals surface area contributed by atoms with Crippen LogP contribution in [-0.4, -0.2) is 49.4 Å². The van der Waals surface area contributed by atoms with Crippen molar-refractivity contribution in [3.05, 3.63) is 22.4 Å². The summed E-state index contributed by atoms with van der Waals surface area (Å²) in [5.41, 5.74) is 0.695. The van der Waals surface area contributed by atoms with Crippen LogP contribution in [-0.2, 0) is 4.79 Å². The lowest BCUT2D eigenvalue weighted by Gasteiger charge is -2.31. The van der Waals surface area contributed by atoms with E-state index in [2.05, 4.69) is 10.6 Å². The van der Waals surface area contributed by atoms with E-state index in [-0.39, 0.29) is 11.8 Å². The highest BCUT2D eigenvalue weighted by Gasteiger charge is 2.21. The van der Waals surface area contributed by atoms with Crippen LogP contribution in [0.4, 0.5) is 0 Å². The van der Waals surface area contributed by atoms with Gasteiger partial charge in [0.15, 0.2) is 0 Å². The maximum Gasteiger partial charge on any atom is 0.252 e. The zero-order chi connectivity index (χ0) is 15.1. The lowest BCUT2D eigenvalue weighted by molar-refractivity contribution is -0.132. The molecule has 0 atom stereocenters. The molecule has 0 unspecified atom stereocenters. The van der Waals surface area contributed by atoms with Gasteiger partial charge < -0.3 is 15.5 Å². The van der Waals surface area contributed by atoms with Crippen molar-refractivity contribution >= 4 is 23.2 Å². The van der Waals surface area contributed by atoms with E-state index < -0.39 is 0 Å². The molecule has 0 aliphatic carbocycles. The molecule has 116 valence electrons. The Balaban J connectivity index is 1.60. The number of thiophene rings is 1. The minimum Gasteiger partial charge on any atom is -0.352 e. The number of hydrogen-bond acceptors (Lipinski definition) is 4. The van der Waals surface area contributed by atoms with Crippen LogP contribution >= 0.6 is 11.3 Å². The van der Waals surface area contributed by atoms with Crippen molar-refractivity contribution in [3.63, 3.8) is 0 Å². The Kier molecular flexibility index (Phi) is 6.20. The van der Waals surface area contributed by atoms with Crippen molar-refractivity contribution < 1.29 is 9.59 Å². The second kappa shape index (κ2) is 8.14. The molecular weight excluding hydrogens is 286 g/mol. The fraction of sp³-hybridized carbons (Fsp3) is 0.600. The number of carbonyl (C=O) groups is 2. The maximum atomic E-state index is 12.1. The van der Waals surface area contributed by atoms with Gasteiger partial charge in [-0.25, -0.2) is 0 Å². The van der Waals surface area contributed by atoms with E-state index in [9.17, 15) is 9.59 Å². The van der Waals surface area contributed by atoms with Crippen LogP contribution in [0.3, 0.4) is 0 Å². The molecule has 6 heteroatoms. The fourth-order valence-corrected chi connectivity index (χ4v) is 3.15. The van der Waals surface area contributed by atoms with E-state index in [1.165, 1.54) is 11.3 Å². The van der Waals surface area contributed by atoms with Crippen LogP contribution < -0.4 is 10.6 Å². The number of hydrogen-bond donors (Lipinski definition) is 2. The highest BCUT2D eigenvalue weighted by atomic mass is 32.1. The predicted molar refractivity (Wildman–Crippen MR) is 84.5 cm³/mol. The van der Waals surface area contributed by atoms with Crippen molar-refractivity contribution in [2.45, 2.75) is 31.7 Å². The van der Waals surface area contributed by atoms with Crippen LogP contribution in [0.15, 0.2) is 16.8 Å². The molecule has 1 saturated heterocycles. The molecular formula is C15H23N3O2S. The molecule has 0 saturated carbocycles. The van der Waals surface area contributed by atoms with Crippen molar-refractivity contribution in [2.75, 3.05) is 26.7 Å². The van der Waals surface area contributed by atoms with Gasteiger partial charge in [-0.05, 0) is 37.8 Å². The first-order valence-corrected chi connectivity index (χ1v) is 8.40. The summed E-state index contributed by atoms with van der Waals surface area (Å²) in [7, 11) is 1.97. The standard InChI is InChI=1S/C15H23N3O2S/c1-16-13-4-8-18(9-5-13)14(19)3-2-7-17-15(20)12-6-10-21-11-12/h6,10-11,13,16H,2-5,7-9H2,1H3,(H,17,20). The number of likely N-dealkylation sites (tertiary alicyclic amines) is 1. The van der Waals surface area contributed by atoms with Gasteiger partial charge in [-0.15, -0.1) is 0 Å². The van der Waals surface area contributed by atoms with E-state index in [1.807, 2.05) is 22.7 Å². The number of rotatable bonds is 6. The highest BCUT2D eigenvalue weighted by Crippen LogP contribution is 2.11. The number of nitrogens with one attached hydrogen (secondary N) is 2. The Morgan fingerprint density at radius 1 is 1.38 bits per heavy atom. The topological polar surface area (TPSA) is 61.4 Å². The van der Waals surface area contributed by atoms with Gasteiger partial charge in [-0.1, -0.05) is 0 Å². The Morgan fingerprint density at radius 3 is 2.76 bits per heavy atom. The zero-order valence-electron chi connectivity index (χ0n) is 12.4. The molecule has 2 rings (SSSR count). The average molecular weight is 309 g/mol. The Hall–Kier alpha value is -1.40. The van der Waals surface area contributed by atoms with Gasteiger partial charge in [-0.3, -0.25) is 9.59 Å². The largest absolute Gasteiger partial charge is 0.352 e. The number of piperidine rings is 1. The molecule has 0 aromatic carbocycles. The summed E-state index contributed by atoms with van der Waals surface area (Å²) in [5, 5.41) is 9.81. The van der Waals surface area contributed by atoms with E-state index in [1.54, 1.807) is 6.07 Å². The third-order valence-electron chi connectivity index (χ3n) is 3.89. The van der Waals surface area contributed by atoms with Crippen LogP contribution in [0.1, 0.15) is 36.0 Å². The van der Waals surface area contributed by atoms with Gasteiger partial charge in [0.25, 0.3) is 5.91 Å². The second-order valence-electron chi connectivity index (χ2n) is 5.32. The number of nitrogens with zero attached hydrogens (tertiary/aromatic N) is 1. The molecule has 1 aromatic heterocycles. The highest BCUT2D eigenvalue weighted by molar-refractivity contribution is 7.08. The summed E-state index contributed by atoms with van der Waals surface area (Å²) in [6, 6.07) is 2.34. The smallest absolute Gasteiger partial charge is 0.252 e. The molecule has 2 heterocycles. The average Bonchev–Trinajstić information content (AvgIpc) is 3.05. The monoisotopic (exact) mass is 309 g/mol. The van der Waals surface area contributed by atoms with Crippen molar-refractivity contribution in [2.24, 2.45) is 0 Å². The second-order valence-corrected chi connectivity index (χ2v) is 6.10. The molecule has 2 amide bonds. The summed E-state index contributed by atoms with van der Waals surface area (Å²) in [6.07, 6.45) is 3.25. The maximum absolute atomic E-state index is 12.1. The first-order chi connectivity index (χ1) is 10.2. The van der Waals surface area contributed by atoms with Gasteiger partial charge in [0.1, 0.15) is 0 Å². The zero-order valence-corrected chi connectivity index (χ0v) is 13.2. The lowest BCUT2D eigenvalue weighted by Crippen LogP contribution is -2.44. The summed E-state index contributed by atoms with van der Waals surface area (Å²) in [6.45, 7) is 2.23. The first-order valence-electron chi connectivity index (χ1n) is 7.46. The first kappa shape index (κ1) is 16.0. The third kappa shape index (κ3) is 4.82. The predicted octanol–water partition coefficient (Wildman–Crippen LogP) is 1.47. The van der Waals surface area contributed by atoms with Gasteiger partial charge in [0.05, 0.1) is 0 Å². The van der Waals surface area contributed by atoms with E-state index in [0.717, 1.165) is 25.9 Å². The Bertz CT molecular complexity index is 453. The van der Waals surface area contributed by atoms with E-state index in [0.29, 0.717) is 31.0 Å². The van der Waals surface area contributed by atoms with E-state index >= 15 is 0 Å². The van der Waals surface area contributed by atoms with Crippen LogP contribution in [0.25, 0.3) is 0 Å². The fourth-order valence-electron chi connectivity index (χ4n) is 2.51. The van der Waals surface area contributed by atoms with Crippen molar-refractivity contribution in [3.8, 4) is 0 Å². The minimum atomic E-state index is -0.0569. The molecule has 1 aromatic rings.